The second-order valence-corrected chi connectivity index (χ2v) is 4.15. The number of rotatable bonds is 9. The molecule has 1 atom stereocenters. The Bertz CT molecular complexity index is 192. The van der Waals surface area contributed by atoms with Crippen molar-refractivity contribution in [3.63, 3.8) is 0 Å². The molecule has 0 spiro atoms. The third-order valence-electron chi connectivity index (χ3n) is 2.59. The van der Waals surface area contributed by atoms with E-state index in [-0.39, 0.29) is 6.61 Å². The summed E-state index contributed by atoms with van der Waals surface area (Å²) in [5, 5.41) is 11.8. The highest BCUT2D eigenvalue weighted by atomic mass is 16.5. The maximum absolute atomic E-state index is 10.8. The first-order valence-corrected chi connectivity index (χ1v) is 5.78. The van der Waals surface area contributed by atoms with Gasteiger partial charge in [0.2, 0.25) is 0 Å². The standard InChI is InChI=1S/C11H21NO3/c1-2-6-12-10(11(13)14)8-15-7-5-9-3-4-9/h9-10,12H,2-8H2,1H3,(H,13,14). The highest BCUT2D eigenvalue weighted by molar-refractivity contribution is 5.73. The average molecular weight is 215 g/mol. The van der Waals surface area contributed by atoms with E-state index in [0.29, 0.717) is 6.61 Å². The summed E-state index contributed by atoms with van der Waals surface area (Å²) in [4.78, 5) is 10.8. The van der Waals surface area contributed by atoms with Crippen molar-refractivity contribution in [1.29, 1.82) is 0 Å². The minimum absolute atomic E-state index is 0.280. The Kier molecular flexibility index (Phi) is 5.65. The lowest BCUT2D eigenvalue weighted by atomic mass is 10.3. The first-order valence-electron chi connectivity index (χ1n) is 5.78. The largest absolute Gasteiger partial charge is 0.480 e. The van der Waals surface area contributed by atoms with Gasteiger partial charge < -0.3 is 15.2 Å². The van der Waals surface area contributed by atoms with Gasteiger partial charge in [-0.3, -0.25) is 4.79 Å². The Morgan fingerprint density at radius 1 is 1.60 bits per heavy atom. The molecular formula is C11H21NO3. The first kappa shape index (κ1) is 12.5. The maximum Gasteiger partial charge on any atom is 0.323 e. The molecule has 0 aromatic heterocycles. The topological polar surface area (TPSA) is 58.6 Å². The van der Waals surface area contributed by atoms with Crippen LogP contribution in [0.4, 0.5) is 0 Å². The van der Waals surface area contributed by atoms with Gasteiger partial charge in [0.05, 0.1) is 6.61 Å². The number of hydrogen-bond donors (Lipinski definition) is 2. The highest BCUT2D eigenvalue weighted by Crippen LogP contribution is 2.32. The summed E-state index contributed by atoms with van der Waals surface area (Å²) in [5.41, 5.74) is 0. The van der Waals surface area contributed by atoms with Gasteiger partial charge in [0.1, 0.15) is 6.04 Å². The van der Waals surface area contributed by atoms with Crippen LogP contribution in [0, 0.1) is 5.92 Å². The van der Waals surface area contributed by atoms with Gasteiger partial charge in [-0.15, -0.1) is 0 Å². The van der Waals surface area contributed by atoms with E-state index in [0.717, 1.165) is 25.3 Å². The van der Waals surface area contributed by atoms with E-state index in [9.17, 15) is 4.79 Å². The second-order valence-electron chi connectivity index (χ2n) is 4.15. The van der Waals surface area contributed by atoms with Crippen molar-refractivity contribution in [2.75, 3.05) is 19.8 Å². The maximum atomic E-state index is 10.8. The van der Waals surface area contributed by atoms with Crippen molar-refractivity contribution in [3.8, 4) is 0 Å². The third-order valence-corrected chi connectivity index (χ3v) is 2.59. The smallest absolute Gasteiger partial charge is 0.323 e. The number of aliphatic carboxylic acids is 1. The normalized spacial score (nSPS) is 17.7. The average Bonchev–Trinajstić information content (AvgIpc) is 3.00. The highest BCUT2D eigenvalue weighted by Gasteiger charge is 2.21. The van der Waals surface area contributed by atoms with Gasteiger partial charge in [0, 0.05) is 6.61 Å². The van der Waals surface area contributed by atoms with E-state index in [4.69, 9.17) is 9.84 Å². The molecule has 15 heavy (non-hydrogen) atoms. The van der Waals surface area contributed by atoms with Gasteiger partial charge in [-0.2, -0.15) is 0 Å². The first-order chi connectivity index (χ1) is 7.24. The minimum Gasteiger partial charge on any atom is -0.480 e. The van der Waals surface area contributed by atoms with Crippen molar-refractivity contribution in [3.05, 3.63) is 0 Å². The van der Waals surface area contributed by atoms with Gasteiger partial charge in [-0.1, -0.05) is 19.8 Å². The van der Waals surface area contributed by atoms with Crippen molar-refractivity contribution < 1.29 is 14.6 Å². The predicted molar refractivity (Wildman–Crippen MR) is 57.9 cm³/mol. The number of carbonyl (C=O) groups is 1. The van der Waals surface area contributed by atoms with Crippen LogP contribution in [0.3, 0.4) is 0 Å². The molecular weight excluding hydrogens is 194 g/mol. The molecule has 1 aliphatic carbocycles. The van der Waals surface area contributed by atoms with Crippen molar-refractivity contribution >= 4 is 5.97 Å². The fourth-order valence-electron chi connectivity index (χ4n) is 1.39. The third kappa shape index (κ3) is 5.74. The lowest BCUT2D eigenvalue weighted by Gasteiger charge is -2.13. The molecule has 0 aliphatic heterocycles. The van der Waals surface area contributed by atoms with E-state index in [1.54, 1.807) is 0 Å². The van der Waals surface area contributed by atoms with E-state index < -0.39 is 12.0 Å². The Hall–Kier alpha value is -0.610. The van der Waals surface area contributed by atoms with Crippen LogP contribution in [0.15, 0.2) is 0 Å². The summed E-state index contributed by atoms with van der Waals surface area (Å²) < 4.78 is 5.36. The molecule has 0 amide bonds. The van der Waals surface area contributed by atoms with E-state index in [1.165, 1.54) is 12.8 Å². The lowest BCUT2D eigenvalue weighted by molar-refractivity contribution is -0.141. The molecule has 1 fully saturated rings. The van der Waals surface area contributed by atoms with Gasteiger partial charge >= 0.3 is 5.97 Å². The van der Waals surface area contributed by atoms with Gasteiger partial charge in [-0.05, 0) is 25.3 Å². The van der Waals surface area contributed by atoms with Crippen LogP contribution in [0.2, 0.25) is 0 Å². The summed E-state index contributed by atoms with van der Waals surface area (Å²) in [6, 6.07) is -0.552. The van der Waals surface area contributed by atoms with E-state index in [1.807, 2.05) is 6.92 Å². The summed E-state index contributed by atoms with van der Waals surface area (Å²) in [7, 11) is 0. The predicted octanol–water partition coefficient (Wildman–Crippen LogP) is 1.26. The molecule has 1 aliphatic rings. The zero-order chi connectivity index (χ0) is 11.1. The molecule has 4 heteroatoms. The quantitative estimate of drug-likeness (QED) is 0.568. The van der Waals surface area contributed by atoms with Crippen LogP contribution >= 0.6 is 0 Å². The van der Waals surface area contributed by atoms with Crippen molar-refractivity contribution in [2.24, 2.45) is 5.92 Å². The second kappa shape index (κ2) is 6.80. The van der Waals surface area contributed by atoms with Gasteiger partial charge in [0.25, 0.3) is 0 Å². The summed E-state index contributed by atoms with van der Waals surface area (Å²) in [5.74, 6) is 0.0201. The molecule has 88 valence electrons. The van der Waals surface area contributed by atoms with Crippen LogP contribution in [-0.2, 0) is 9.53 Å². The van der Waals surface area contributed by atoms with Gasteiger partial charge in [0.15, 0.2) is 0 Å². The lowest BCUT2D eigenvalue weighted by Crippen LogP contribution is -2.41. The molecule has 1 saturated carbocycles. The summed E-state index contributed by atoms with van der Waals surface area (Å²) >= 11 is 0. The molecule has 1 rings (SSSR count). The molecule has 0 radical (unpaired) electrons. The SMILES string of the molecule is CCCNC(COCCC1CC1)C(=O)O. The molecule has 0 heterocycles. The number of nitrogens with one attached hydrogen (secondary N) is 1. The number of carboxylic acid groups (broad SMARTS) is 1. The molecule has 0 saturated heterocycles. The zero-order valence-electron chi connectivity index (χ0n) is 9.37. The minimum atomic E-state index is -0.824. The molecule has 4 nitrogen and oxygen atoms in total. The molecule has 0 bridgehead atoms. The number of carboxylic acids is 1. The number of ether oxygens (including phenoxy) is 1. The monoisotopic (exact) mass is 215 g/mol. The summed E-state index contributed by atoms with van der Waals surface area (Å²) in [6.45, 7) is 3.72. The molecule has 1 unspecified atom stereocenters. The molecule has 0 aromatic carbocycles. The Balaban J connectivity index is 2.03. The Labute approximate surface area is 91.0 Å². The van der Waals surface area contributed by atoms with Crippen molar-refractivity contribution in [2.45, 2.75) is 38.6 Å². The zero-order valence-corrected chi connectivity index (χ0v) is 9.37. The fourth-order valence-corrected chi connectivity index (χ4v) is 1.39. The van der Waals surface area contributed by atoms with Crippen LogP contribution in [-0.4, -0.2) is 36.9 Å². The molecule has 2 N–H and O–H groups in total. The van der Waals surface area contributed by atoms with Crippen LogP contribution in [0.1, 0.15) is 32.6 Å². The van der Waals surface area contributed by atoms with Crippen LogP contribution in [0.25, 0.3) is 0 Å². The fraction of sp³-hybridized carbons (Fsp3) is 0.909. The van der Waals surface area contributed by atoms with E-state index >= 15 is 0 Å². The Morgan fingerprint density at radius 3 is 2.87 bits per heavy atom. The van der Waals surface area contributed by atoms with Crippen molar-refractivity contribution in [1.82, 2.24) is 5.32 Å². The summed E-state index contributed by atoms with van der Waals surface area (Å²) in [6.07, 6.45) is 4.66. The van der Waals surface area contributed by atoms with E-state index in [2.05, 4.69) is 5.32 Å². The number of hydrogen-bond acceptors (Lipinski definition) is 3. The van der Waals surface area contributed by atoms with Crippen LogP contribution in [0.5, 0.6) is 0 Å². The molecule has 0 aromatic rings. The van der Waals surface area contributed by atoms with Crippen LogP contribution < -0.4 is 5.32 Å². The Morgan fingerprint density at radius 2 is 2.33 bits per heavy atom. The van der Waals surface area contributed by atoms with Gasteiger partial charge in [-0.25, -0.2) is 0 Å².